The first-order valence-corrected chi connectivity index (χ1v) is 8.72. The van der Waals surface area contributed by atoms with Crippen molar-refractivity contribution in [2.24, 2.45) is 0 Å². The van der Waals surface area contributed by atoms with Crippen LogP contribution >= 0.6 is 0 Å². The van der Waals surface area contributed by atoms with Crippen LogP contribution in [0.15, 0.2) is 72.8 Å². The van der Waals surface area contributed by atoms with Gasteiger partial charge in [0.2, 0.25) is 0 Å². The van der Waals surface area contributed by atoms with E-state index >= 15 is 0 Å². The summed E-state index contributed by atoms with van der Waals surface area (Å²) in [6.45, 7) is 3.63. The standard InChI is InChI=1S/C23H22F2/c1-3-17-10-12-18(13-11-17)20-14-15-21(19-8-6-5-7-9-19)22(16-20)23(24,25)4-2/h5-16H,3-4H2,1-2H3. The molecule has 0 bridgehead atoms. The summed E-state index contributed by atoms with van der Waals surface area (Å²) in [6, 6.07) is 22.9. The zero-order chi connectivity index (χ0) is 17.9. The van der Waals surface area contributed by atoms with Gasteiger partial charge in [-0.15, -0.1) is 0 Å². The molecule has 25 heavy (non-hydrogen) atoms. The first-order valence-electron chi connectivity index (χ1n) is 8.72. The summed E-state index contributed by atoms with van der Waals surface area (Å²) in [4.78, 5) is 0. The average molecular weight is 336 g/mol. The molecule has 0 heterocycles. The third-order valence-electron chi connectivity index (χ3n) is 4.64. The van der Waals surface area contributed by atoms with Gasteiger partial charge in [-0.05, 0) is 40.3 Å². The molecular formula is C23H22F2. The third-order valence-corrected chi connectivity index (χ3v) is 4.64. The summed E-state index contributed by atoms with van der Waals surface area (Å²) in [5.41, 5.74) is 4.54. The van der Waals surface area contributed by atoms with Gasteiger partial charge in [-0.1, -0.05) is 80.6 Å². The fraction of sp³-hybridized carbons (Fsp3) is 0.217. The van der Waals surface area contributed by atoms with Gasteiger partial charge in [-0.3, -0.25) is 0 Å². The maximum Gasteiger partial charge on any atom is 0.273 e. The van der Waals surface area contributed by atoms with Crippen LogP contribution in [0, 0.1) is 0 Å². The van der Waals surface area contributed by atoms with Crippen LogP contribution in [-0.2, 0) is 12.3 Å². The second-order valence-electron chi connectivity index (χ2n) is 6.23. The van der Waals surface area contributed by atoms with Crippen LogP contribution in [0.3, 0.4) is 0 Å². The van der Waals surface area contributed by atoms with E-state index in [1.165, 1.54) is 12.5 Å². The highest BCUT2D eigenvalue weighted by Gasteiger charge is 2.32. The molecule has 0 aliphatic carbocycles. The number of hydrogen-bond acceptors (Lipinski definition) is 0. The fourth-order valence-electron chi connectivity index (χ4n) is 3.02. The summed E-state index contributed by atoms with van der Waals surface area (Å²) < 4.78 is 29.3. The van der Waals surface area contributed by atoms with E-state index in [1.807, 2.05) is 54.6 Å². The zero-order valence-electron chi connectivity index (χ0n) is 14.6. The fourth-order valence-corrected chi connectivity index (χ4v) is 3.02. The van der Waals surface area contributed by atoms with Gasteiger partial charge in [0.05, 0.1) is 0 Å². The molecule has 0 amide bonds. The Morgan fingerprint density at radius 1 is 0.720 bits per heavy atom. The summed E-state index contributed by atoms with van der Waals surface area (Å²) >= 11 is 0. The van der Waals surface area contributed by atoms with Crippen molar-refractivity contribution in [1.82, 2.24) is 0 Å². The first-order chi connectivity index (χ1) is 12.0. The summed E-state index contributed by atoms with van der Waals surface area (Å²) in [5, 5.41) is 0. The smallest absolute Gasteiger partial charge is 0.201 e. The molecule has 0 N–H and O–H groups in total. The number of aryl methyl sites for hydroxylation is 1. The van der Waals surface area contributed by atoms with Crippen molar-refractivity contribution in [2.75, 3.05) is 0 Å². The largest absolute Gasteiger partial charge is 0.273 e. The van der Waals surface area contributed by atoms with Crippen molar-refractivity contribution in [3.05, 3.63) is 83.9 Å². The predicted molar refractivity (Wildman–Crippen MR) is 101 cm³/mol. The van der Waals surface area contributed by atoms with E-state index in [-0.39, 0.29) is 12.0 Å². The van der Waals surface area contributed by atoms with Gasteiger partial charge in [-0.2, -0.15) is 0 Å². The minimum atomic E-state index is -2.86. The molecular weight excluding hydrogens is 314 g/mol. The molecule has 128 valence electrons. The van der Waals surface area contributed by atoms with E-state index in [2.05, 4.69) is 19.1 Å². The molecule has 0 saturated heterocycles. The highest BCUT2D eigenvalue weighted by Crippen LogP contribution is 2.40. The van der Waals surface area contributed by atoms with Crippen LogP contribution < -0.4 is 0 Å². The van der Waals surface area contributed by atoms with Crippen LogP contribution in [0.1, 0.15) is 31.4 Å². The second-order valence-corrected chi connectivity index (χ2v) is 6.23. The van der Waals surface area contributed by atoms with Crippen LogP contribution in [0.25, 0.3) is 22.3 Å². The molecule has 0 aromatic heterocycles. The predicted octanol–water partition coefficient (Wildman–Crippen LogP) is 7.08. The number of rotatable bonds is 5. The SMILES string of the molecule is CCc1ccc(-c2ccc(-c3ccccc3)c(C(F)(F)CC)c2)cc1. The van der Waals surface area contributed by atoms with Gasteiger partial charge in [-0.25, -0.2) is 8.78 Å². The quantitative estimate of drug-likeness (QED) is 0.467. The molecule has 0 unspecified atom stereocenters. The zero-order valence-corrected chi connectivity index (χ0v) is 14.6. The van der Waals surface area contributed by atoms with Crippen molar-refractivity contribution in [1.29, 1.82) is 0 Å². The molecule has 0 saturated carbocycles. The van der Waals surface area contributed by atoms with Gasteiger partial charge in [0.1, 0.15) is 0 Å². The first kappa shape index (κ1) is 17.3. The number of halogens is 2. The lowest BCUT2D eigenvalue weighted by Gasteiger charge is -2.20. The lowest BCUT2D eigenvalue weighted by molar-refractivity contribution is -0.00764. The van der Waals surface area contributed by atoms with Gasteiger partial charge in [0.25, 0.3) is 5.92 Å². The highest BCUT2D eigenvalue weighted by atomic mass is 19.3. The van der Waals surface area contributed by atoms with Crippen molar-refractivity contribution < 1.29 is 8.78 Å². The topological polar surface area (TPSA) is 0 Å². The molecule has 0 fully saturated rings. The van der Waals surface area contributed by atoms with E-state index in [9.17, 15) is 8.78 Å². The van der Waals surface area contributed by atoms with Crippen molar-refractivity contribution in [3.63, 3.8) is 0 Å². The Kier molecular flexibility index (Phi) is 4.98. The van der Waals surface area contributed by atoms with E-state index in [1.54, 1.807) is 6.07 Å². The molecule has 0 aliphatic heterocycles. The monoisotopic (exact) mass is 336 g/mol. The molecule has 3 rings (SSSR count). The molecule has 2 heteroatoms. The molecule has 0 atom stereocenters. The summed E-state index contributed by atoms with van der Waals surface area (Å²) in [7, 11) is 0. The molecule has 3 aromatic rings. The second kappa shape index (κ2) is 7.18. The molecule has 3 aromatic carbocycles. The minimum Gasteiger partial charge on any atom is -0.201 e. The van der Waals surface area contributed by atoms with Gasteiger partial charge < -0.3 is 0 Å². The van der Waals surface area contributed by atoms with Crippen LogP contribution in [0.5, 0.6) is 0 Å². The maximum absolute atomic E-state index is 14.6. The number of alkyl halides is 2. The number of hydrogen-bond donors (Lipinski definition) is 0. The van der Waals surface area contributed by atoms with Gasteiger partial charge in [0, 0.05) is 12.0 Å². The van der Waals surface area contributed by atoms with E-state index < -0.39 is 5.92 Å². The Balaban J connectivity index is 2.13. The summed E-state index contributed by atoms with van der Waals surface area (Å²) in [5.74, 6) is -2.86. The molecule has 0 spiro atoms. The van der Waals surface area contributed by atoms with Crippen molar-refractivity contribution in [2.45, 2.75) is 32.6 Å². The van der Waals surface area contributed by atoms with Gasteiger partial charge >= 0.3 is 0 Å². The van der Waals surface area contributed by atoms with Crippen LogP contribution in [0.4, 0.5) is 8.78 Å². The molecule has 0 aliphatic rings. The highest BCUT2D eigenvalue weighted by molar-refractivity contribution is 5.74. The maximum atomic E-state index is 14.6. The average Bonchev–Trinajstić information content (AvgIpc) is 2.68. The van der Waals surface area contributed by atoms with Crippen molar-refractivity contribution >= 4 is 0 Å². The minimum absolute atomic E-state index is 0.0956. The van der Waals surface area contributed by atoms with E-state index in [0.717, 1.165) is 23.1 Å². The Hall–Kier alpha value is -2.48. The lowest BCUT2D eigenvalue weighted by atomic mass is 9.90. The van der Waals surface area contributed by atoms with Crippen molar-refractivity contribution in [3.8, 4) is 22.3 Å². The normalized spacial score (nSPS) is 11.5. The van der Waals surface area contributed by atoms with Crippen LogP contribution in [0.2, 0.25) is 0 Å². The van der Waals surface area contributed by atoms with E-state index in [0.29, 0.717) is 5.56 Å². The molecule has 0 radical (unpaired) electrons. The Morgan fingerprint density at radius 2 is 1.36 bits per heavy atom. The molecule has 0 nitrogen and oxygen atoms in total. The van der Waals surface area contributed by atoms with Gasteiger partial charge in [0.15, 0.2) is 0 Å². The van der Waals surface area contributed by atoms with Crippen LogP contribution in [-0.4, -0.2) is 0 Å². The Morgan fingerprint density at radius 3 is 1.96 bits per heavy atom. The Bertz CT molecular complexity index is 834. The Labute approximate surface area is 148 Å². The number of benzene rings is 3. The summed E-state index contributed by atoms with van der Waals surface area (Å²) in [6.07, 6.45) is 0.747. The lowest BCUT2D eigenvalue weighted by Crippen LogP contribution is -2.13. The third kappa shape index (κ3) is 3.63. The van der Waals surface area contributed by atoms with E-state index in [4.69, 9.17) is 0 Å².